The van der Waals surface area contributed by atoms with Crippen molar-refractivity contribution >= 4 is 5.97 Å². The van der Waals surface area contributed by atoms with Crippen molar-refractivity contribution in [2.24, 2.45) is 38.6 Å². The molecule has 0 heterocycles. The van der Waals surface area contributed by atoms with Crippen LogP contribution in [0.25, 0.3) is 10.4 Å². The number of esters is 1. The maximum absolute atomic E-state index is 12.9. The average Bonchev–Trinajstić information content (AvgIpc) is 2.80. The smallest absolute Gasteiger partial charge is 0.312 e. The van der Waals surface area contributed by atoms with Crippen molar-refractivity contribution in [1.29, 1.82) is 0 Å². The Labute approximate surface area is 163 Å². The number of azide groups is 1. The van der Waals surface area contributed by atoms with Crippen LogP contribution < -0.4 is 0 Å². The molecule has 2 bridgehead atoms. The molecule has 0 radical (unpaired) electrons. The highest BCUT2D eigenvalue weighted by Crippen LogP contribution is 2.74. The summed E-state index contributed by atoms with van der Waals surface area (Å²) in [4.78, 5) is 16.1. The van der Waals surface area contributed by atoms with Crippen molar-refractivity contribution in [3.8, 4) is 0 Å². The van der Waals surface area contributed by atoms with Gasteiger partial charge in [-0.2, -0.15) is 0 Å². The molecule has 0 aromatic carbocycles. The van der Waals surface area contributed by atoms with Gasteiger partial charge >= 0.3 is 5.97 Å². The van der Waals surface area contributed by atoms with Crippen LogP contribution in [0.15, 0.2) is 5.11 Å². The van der Waals surface area contributed by atoms with Crippen molar-refractivity contribution < 1.29 is 9.53 Å². The topological polar surface area (TPSA) is 75.1 Å². The molecule has 5 nitrogen and oxygen atoms in total. The maximum Gasteiger partial charge on any atom is 0.312 e. The summed E-state index contributed by atoms with van der Waals surface area (Å²) in [5, 5.41) is 4.24. The lowest BCUT2D eigenvalue weighted by Gasteiger charge is -2.64. The van der Waals surface area contributed by atoms with E-state index in [-0.39, 0.29) is 28.3 Å². The van der Waals surface area contributed by atoms with Crippen LogP contribution in [0.1, 0.15) is 85.5 Å². The van der Waals surface area contributed by atoms with Crippen molar-refractivity contribution in [2.75, 3.05) is 6.61 Å². The third-order valence-electron chi connectivity index (χ3n) is 9.54. The zero-order valence-corrected chi connectivity index (χ0v) is 17.5. The van der Waals surface area contributed by atoms with E-state index in [1.54, 1.807) is 0 Å². The maximum atomic E-state index is 12.9. The molecule has 0 aliphatic heterocycles. The molecule has 4 aliphatic carbocycles. The highest BCUT2D eigenvalue weighted by atomic mass is 16.5. The highest BCUT2D eigenvalue weighted by Gasteiger charge is 2.68. The predicted molar refractivity (Wildman–Crippen MR) is 105 cm³/mol. The molecule has 0 N–H and O–H groups in total. The van der Waals surface area contributed by atoms with Gasteiger partial charge in [-0.15, -0.1) is 0 Å². The zero-order valence-electron chi connectivity index (χ0n) is 17.5. The first-order valence-corrected chi connectivity index (χ1v) is 11.0. The molecule has 1 unspecified atom stereocenters. The molecule has 0 saturated heterocycles. The van der Waals surface area contributed by atoms with Gasteiger partial charge in [0.1, 0.15) is 0 Å². The Morgan fingerprint density at radius 3 is 2.59 bits per heavy atom. The summed E-state index contributed by atoms with van der Waals surface area (Å²) in [7, 11) is 0. The van der Waals surface area contributed by atoms with Gasteiger partial charge in [0.2, 0.25) is 0 Å². The fourth-order valence-electron chi connectivity index (χ4n) is 8.51. The summed E-state index contributed by atoms with van der Waals surface area (Å²) in [5.41, 5.74) is 9.42. The van der Waals surface area contributed by atoms with E-state index in [1.807, 2.05) is 6.92 Å². The third kappa shape index (κ3) is 2.50. The van der Waals surface area contributed by atoms with Crippen LogP contribution in [0.3, 0.4) is 0 Å². The van der Waals surface area contributed by atoms with Gasteiger partial charge in [0.15, 0.2) is 0 Å². The predicted octanol–water partition coefficient (Wildman–Crippen LogP) is 6.03. The molecule has 0 aromatic rings. The SMILES string of the molecule is CCOC(=O)[C@]1(C)CCC[C@@]2(C)[C@@H]3CC[C@@]4(C)C[C@]3(CC[C@@H]21)CC4N=[N+]=[N-]. The molecule has 27 heavy (non-hydrogen) atoms. The Morgan fingerprint density at radius 2 is 1.89 bits per heavy atom. The number of rotatable bonds is 3. The van der Waals surface area contributed by atoms with E-state index in [0.29, 0.717) is 23.9 Å². The summed E-state index contributed by atoms with van der Waals surface area (Å²) in [6.07, 6.45) is 10.2. The van der Waals surface area contributed by atoms with Crippen LogP contribution in [0.5, 0.6) is 0 Å². The van der Waals surface area contributed by atoms with Gasteiger partial charge in [-0.3, -0.25) is 4.79 Å². The van der Waals surface area contributed by atoms with Gasteiger partial charge in [0, 0.05) is 11.0 Å². The Balaban J connectivity index is 1.69. The molecule has 1 spiro atoms. The van der Waals surface area contributed by atoms with Gasteiger partial charge in [0.05, 0.1) is 12.0 Å². The summed E-state index contributed by atoms with van der Waals surface area (Å²) in [5.74, 6) is 1.08. The molecule has 0 amide bonds. The second kappa shape index (κ2) is 6.14. The van der Waals surface area contributed by atoms with Crippen LogP contribution in [0.4, 0.5) is 0 Å². The van der Waals surface area contributed by atoms with E-state index < -0.39 is 0 Å². The Bertz CT molecular complexity index is 689. The van der Waals surface area contributed by atoms with Crippen molar-refractivity contribution in [3.05, 3.63) is 10.4 Å². The Kier molecular flexibility index (Phi) is 4.34. The minimum Gasteiger partial charge on any atom is -0.466 e. The molecule has 7 atom stereocenters. The third-order valence-corrected chi connectivity index (χ3v) is 9.54. The normalized spacial score (nSPS) is 50.9. The summed E-state index contributed by atoms with van der Waals surface area (Å²) < 4.78 is 5.55. The second-order valence-electron chi connectivity index (χ2n) is 10.8. The number of carbonyl (C=O) groups excluding carboxylic acids is 1. The monoisotopic (exact) mass is 373 g/mol. The molecule has 4 aliphatic rings. The quantitative estimate of drug-likeness (QED) is 0.262. The fraction of sp³-hybridized carbons (Fsp3) is 0.955. The summed E-state index contributed by atoms with van der Waals surface area (Å²) in [6.45, 7) is 9.38. The number of carbonyl (C=O) groups is 1. The van der Waals surface area contributed by atoms with Crippen molar-refractivity contribution in [3.63, 3.8) is 0 Å². The molecular formula is C22H35N3O2. The first-order valence-electron chi connectivity index (χ1n) is 11.0. The molecule has 5 heteroatoms. The summed E-state index contributed by atoms with van der Waals surface area (Å²) in [6, 6.07) is 0.146. The lowest BCUT2D eigenvalue weighted by molar-refractivity contribution is -0.187. The lowest BCUT2D eigenvalue weighted by Crippen LogP contribution is -2.58. The van der Waals surface area contributed by atoms with E-state index in [9.17, 15) is 4.79 Å². The van der Waals surface area contributed by atoms with Gasteiger partial charge in [0.25, 0.3) is 0 Å². The van der Waals surface area contributed by atoms with Crippen LogP contribution >= 0.6 is 0 Å². The van der Waals surface area contributed by atoms with Crippen LogP contribution in [0, 0.1) is 33.5 Å². The number of hydrogen-bond acceptors (Lipinski definition) is 3. The van der Waals surface area contributed by atoms with Crippen molar-refractivity contribution in [1.82, 2.24) is 0 Å². The van der Waals surface area contributed by atoms with E-state index in [4.69, 9.17) is 10.3 Å². The zero-order chi connectivity index (χ0) is 19.5. The number of hydrogen-bond donors (Lipinski definition) is 0. The molecule has 0 aromatic heterocycles. The second-order valence-corrected chi connectivity index (χ2v) is 10.8. The van der Waals surface area contributed by atoms with E-state index in [1.165, 1.54) is 25.7 Å². The van der Waals surface area contributed by atoms with Crippen LogP contribution in [-0.2, 0) is 9.53 Å². The van der Waals surface area contributed by atoms with Gasteiger partial charge < -0.3 is 4.74 Å². The van der Waals surface area contributed by atoms with Crippen LogP contribution in [-0.4, -0.2) is 18.6 Å². The fourth-order valence-corrected chi connectivity index (χ4v) is 8.51. The van der Waals surface area contributed by atoms with E-state index in [2.05, 4.69) is 30.8 Å². The largest absolute Gasteiger partial charge is 0.466 e. The van der Waals surface area contributed by atoms with Gasteiger partial charge in [-0.25, -0.2) is 0 Å². The number of nitrogens with zero attached hydrogens (tertiary/aromatic N) is 3. The molecular weight excluding hydrogens is 338 g/mol. The minimum absolute atomic E-state index is 0.0240. The highest BCUT2D eigenvalue weighted by molar-refractivity contribution is 5.77. The summed E-state index contributed by atoms with van der Waals surface area (Å²) >= 11 is 0. The molecule has 4 rings (SSSR count). The Hall–Kier alpha value is -1.22. The average molecular weight is 374 g/mol. The van der Waals surface area contributed by atoms with E-state index >= 15 is 0 Å². The Morgan fingerprint density at radius 1 is 1.15 bits per heavy atom. The van der Waals surface area contributed by atoms with Gasteiger partial charge in [-0.1, -0.05) is 25.4 Å². The first kappa shape index (κ1) is 19.1. The molecule has 4 fully saturated rings. The number of fused-ring (bicyclic) bond motifs is 3. The minimum atomic E-state index is -0.339. The van der Waals surface area contributed by atoms with Gasteiger partial charge in [-0.05, 0) is 98.8 Å². The molecule has 150 valence electrons. The standard InChI is InChI=1S/C22H35N3O2/c1-5-27-18(26)21(4)10-6-9-20(3)15(21)8-12-22-13-17(24-25-23)19(2,14-22)11-7-16(20)22/h15-17H,5-14H2,1-4H3/t15-,16-,17?,19-,20+,21+,22-/m0/s1. The molecule has 4 saturated carbocycles. The van der Waals surface area contributed by atoms with Crippen LogP contribution in [0.2, 0.25) is 0 Å². The number of ether oxygens (including phenoxy) is 1. The van der Waals surface area contributed by atoms with Crippen molar-refractivity contribution in [2.45, 2.75) is 91.5 Å². The lowest BCUT2D eigenvalue weighted by atomic mass is 9.40. The van der Waals surface area contributed by atoms with E-state index in [0.717, 1.165) is 32.1 Å². The first-order chi connectivity index (χ1) is 12.7.